The maximum atomic E-state index is 12.7. The highest BCUT2D eigenvalue weighted by atomic mass is 32.2. The number of piperidine rings is 1. The zero-order valence-corrected chi connectivity index (χ0v) is 16.8. The molecule has 2 aliphatic rings. The van der Waals surface area contributed by atoms with Gasteiger partial charge in [-0.2, -0.15) is 0 Å². The van der Waals surface area contributed by atoms with Crippen molar-refractivity contribution >= 4 is 46.5 Å². The number of fused-ring (bicyclic) bond motifs is 1. The number of likely N-dealkylation sites (tertiary alicyclic amines) is 1. The van der Waals surface area contributed by atoms with Crippen molar-refractivity contribution in [1.82, 2.24) is 9.88 Å². The van der Waals surface area contributed by atoms with Gasteiger partial charge in [-0.05, 0) is 25.0 Å². The van der Waals surface area contributed by atoms with Gasteiger partial charge in [-0.1, -0.05) is 12.1 Å². The average Bonchev–Trinajstić information content (AvgIpc) is 3.18. The molecule has 146 valence electrons. The number of primary amides is 1. The number of aromatic nitrogens is 1. The number of benzene rings is 1. The summed E-state index contributed by atoms with van der Waals surface area (Å²) in [7, 11) is 0. The summed E-state index contributed by atoms with van der Waals surface area (Å²) in [6.45, 7) is 1.38. The normalized spacial score (nSPS) is 17.5. The molecule has 2 aliphatic heterocycles. The van der Waals surface area contributed by atoms with Crippen LogP contribution in [-0.4, -0.2) is 46.4 Å². The van der Waals surface area contributed by atoms with Gasteiger partial charge in [0.05, 0.1) is 18.0 Å². The largest absolute Gasteiger partial charge is 0.369 e. The number of nitrogens with zero attached hydrogens (tertiary/aromatic N) is 3. The van der Waals surface area contributed by atoms with E-state index in [0.717, 1.165) is 15.6 Å². The van der Waals surface area contributed by atoms with Crippen molar-refractivity contribution in [2.75, 3.05) is 23.7 Å². The molecular formula is C19H20N4O3S2. The quantitative estimate of drug-likeness (QED) is 0.824. The first kappa shape index (κ1) is 18.9. The maximum absolute atomic E-state index is 12.7. The summed E-state index contributed by atoms with van der Waals surface area (Å²) in [5.41, 5.74) is 6.63. The van der Waals surface area contributed by atoms with E-state index in [-0.39, 0.29) is 23.6 Å². The summed E-state index contributed by atoms with van der Waals surface area (Å²) in [6.07, 6.45) is 1.18. The third kappa shape index (κ3) is 3.77. The first-order valence-corrected chi connectivity index (χ1v) is 10.9. The van der Waals surface area contributed by atoms with Crippen molar-refractivity contribution in [3.05, 3.63) is 40.3 Å². The number of rotatable bonds is 4. The summed E-state index contributed by atoms with van der Waals surface area (Å²) in [4.78, 5) is 45.4. The molecule has 0 radical (unpaired) electrons. The van der Waals surface area contributed by atoms with E-state index in [9.17, 15) is 14.4 Å². The second-order valence-electron chi connectivity index (χ2n) is 6.83. The highest BCUT2D eigenvalue weighted by molar-refractivity contribution is 8.00. The molecule has 0 unspecified atom stereocenters. The smallest absolute Gasteiger partial charge is 0.273 e. The second-order valence-corrected chi connectivity index (χ2v) is 8.79. The minimum atomic E-state index is -0.298. The Balaban J connectivity index is 1.44. The van der Waals surface area contributed by atoms with Gasteiger partial charge in [-0.25, -0.2) is 4.98 Å². The minimum Gasteiger partial charge on any atom is -0.369 e. The first-order valence-electron chi connectivity index (χ1n) is 9.08. The molecule has 0 saturated carbocycles. The molecule has 3 amide bonds. The monoisotopic (exact) mass is 416 g/mol. The van der Waals surface area contributed by atoms with Gasteiger partial charge in [0.15, 0.2) is 0 Å². The van der Waals surface area contributed by atoms with Crippen LogP contribution in [0.15, 0.2) is 34.5 Å². The topological polar surface area (TPSA) is 96.6 Å². The highest BCUT2D eigenvalue weighted by Crippen LogP contribution is 2.36. The van der Waals surface area contributed by atoms with Crippen molar-refractivity contribution in [3.63, 3.8) is 0 Å². The van der Waals surface area contributed by atoms with E-state index in [1.54, 1.807) is 26.9 Å². The predicted molar refractivity (Wildman–Crippen MR) is 108 cm³/mol. The molecule has 1 fully saturated rings. The van der Waals surface area contributed by atoms with Crippen LogP contribution in [0.25, 0.3) is 0 Å². The molecule has 1 aromatic heterocycles. The summed E-state index contributed by atoms with van der Waals surface area (Å²) < 4.78 is 0. The summed E-state index contributed by atoms with van der Waals surface area (Å²) >= 11 is 2.92. The van der Waals surface area contributed by atoms with Crippen molar-refractivity contribution < 1.29 is 14.4 Å². The van der Waals surface area contributed by atoms with Gasteiger partial charge in [-0.3, -0.25) is 14.4 Å². The number of carbonyl (C=O) groups is 3. The molecule has 0 aliphatic carbocycles. The lowest BCUT2D eigenvalue weighted by Gasteiger charge is -2.30. The molecule has 2 N–H and O–H groups in total. The van der Waals surface area contributed by atoms with Crippen LogP contribution in [0, 0.1) is 5.92 Å². The lowest BCUT2D eigenvalue weighted by atomic mass is 9.96. The molecule has 9 heteroatoms. The molecular weight excluding hydrogens is 396 g/mol. The molecule has 28 heavy (non-hydrogen) atoms. The lowest BCUT2D eigenvalue weighted by Crippen LogP contribution is -2.41. The number of carbonyl (C=O) groups excluding carboxylic acids is 3. The van der Waals surface area contributed by atoms with E-state index < -0.39 is 0 Å². The van der Waals surface area contributed by atoms with Crippen molar-refractivity contribution in [2.24, 2.45) is 11.7 Å². The van der Waals surface area contributed by atoms with Crippen LogP contribution < -0.4 is 10.6 Å². The molecule has 7 nitrogen and oxygen atoms in total. The van der Waals surface area contributed by atoms with Crippen LogP contribution in [0.4, 0.5) is 5.69 Å². The van der Waals surface area contributed by atoms with E-state index in [1.165, 1.54) is 11.3 Å². The average molecular weight is 417 g/mol. The van der Waals surface area contributed by atoms with E-state index >= 15 is 0 Å². The molecule has 0 atom stereocenters. The van der Waals surface area contributed by atoms with Crippen LogP contribution in [0.1, 0.15) is 28.3 Å². The van der Waals surface area contributed by atoms with E-state index in [2.05, 4.69) is 4.98 Å². The van der Waals surface area contributed by atoms with Gasteiger partial charge in [0.2, 0.25) is 11.8 Å². The van der Waals surface area contributed by atoms with Crippen molar-refractivity contribution in [1.29, 1.82) is 0 Å². The fourth-order valence-electron chi connectivity index (χ4n) is 3.47. The number of anilines is 1. The molecule has 1 aromatic carbocycles. The maximum Gasteiger partial charge on any atom is 0.273 e. The Morgan fingerprint density at radius 3 is 2.71 bits per heavy atom. The van der Waals surface area contributed by atoms with E-state index in [0.29, 0.717) is 43.9 Å². The van der Waals surface area contributed by atoms with Crippen LogP contribution >= 0.6 is 23.1 Å². The molecule has 1 saturated heterocycles. The van der Waals surface area contributed by atoms with Crippen LogP contribution in [0.5, 0.6) is 0 Å². The number of thioether (sulfide) groups is 1. The minimum absolute atomic E-state index is 0.0419. The Morgan fingerprint density at radius 2 is 1.96 bits per heavy atom. The third-order valence-corrected chi connectivity index (χ3v) is 6.94. The summed E-state index contributed by atoms with van der Waals surface area (Å²) in [6, 6.07) is 7.81. The number of thiazole rings is 1. The van der Waals surface area contributed by atoms with Crippen LogP contribution in [-0.2, 0) is 16.1 Å². The zero-order valence-electron chi connectivity index (χ0n) is 15.2. The summed E-state index contributed by atoms with van der Waals surface area (Å²) in [5, 5.41) is 2.47. The lowest BCUT2D eigenvalue weighted by molar-refractivity contribution is -0.123. The zero-order chi connectivity index (χ0) is 19.7. The molecule has 0 spiro atoms. The number of hydrogen-bond donors (Lipinski definition) is 1. The summed E-state index contributed by atoms with van der Waals surface area (Å²) in [5.74, 6) is -0.138. The predicted octanol–water partition coefficient (Wildman–Crippen LogP) is 2.12. The Hall–Kier alpha value is -2.39. The van der Waals surface area contributed by atoms with Gasteiger partial charge in [0.1, 0.15) is 10.7 Å². The Bertz CT molecular complexity index is 921. The van der Waals surface area contributed by atoms with E-state index in [4.69, 9.17) is 5.73 Å². The number of amides is 3. The highest BCUT2D eigenvalue weighted by Gasteiger charge is 2.29. The number of para-hydroxylation sites is 1. The number of nitrogens with two attached hydrogens (primary N) is 1. The van der Waals surface area contributed by atoms with Gasteiger partial charge < -0.3 is 15.5 Å². The van der Waals surface area contributed by atoms with Crippen LogP contribution in [0.3, 0.4) is 0 Å². The molecule has 4 rings (SSSR count). The van der Waals surface area contributed by atoms with E-state index in [1.807, 2.05) is 24.3 Å². The van der Waals surface area contributed by atoms with Gasteiger partial charge in [0.25, 0.3) is 5.91 Å². The Labute approximate surface area is 170 Å². The van der Waals surface area contributed by atoms with Gasteiger partial charge in [0, 0.05) is 29.3 Å². The standard InChI is InChI=1S/C19H20N4O3S2/c20-18(25)12-5-7-22(8-6-12)19(26)13-10-28-16(21-13)9-23-14-3-1-2-4-15(14)27-11-17(23)24/h1-4,10,12H,5-9,11H2,(H2,20,25). The molecule has 0 bridgehead atoms. The Morgan fingerprint density at radius 1 is 1.21 bits per heavy atom. The van der Waals surface area contributed by atoms with Gasteiger partial charge >= 0.3 is 0 Å². The Kier molecular flexibility index (Phi) is 5.36. The first-order chi connectivity index (χ1) is 13.5. The SMILES string of the molecule is NC(=O)C1CCN(C(=O)c2csc(CN3C(=O)CSc4ccccc43)n2)CC1. The fraction of sp³-hybridized carbons (Fsp3) is 0.368. The molecule has 3 heterocycles. The number of hydrogen-bond acceptors (Lipinski definition) is 6. The molecule has 2 aromatic rings. The second kappa shape index (κ2) is 7.92. The van der Waals surface area contributed by atoms with Gasteiger partial charge in [-0.15, -0.1) is 23.1 Å². The fourth-order valence-corrected chi connectivity index (χ4v) is 5.17. The van der Waals surface area contributed by atoms with Crippen molar-refractivity contribution in [3.8, 4) is 0 Å². The third-order valence-electron chi connectivity index (χ3n) is 5.06. The van der Waals surface area contributed by atoms with Crippen molar-refractivity contribution in [2.45, 2.75) is 24.3 Å². The van der Waals surface area contributed by atoms with Crippen LogP contribution in [0.2, 0.25) is 0 Å².